The van der Waals surface area contributed by atoms with E-state index in [1.165, 1.54) is 12.1 Å². The van der Waals surface area contributed by atoms with Crippen LogP contribution in [-0.2, 0) is 11.9 Å². The van der Waals surface area contributed by atoms with E-state index < -0.39 is 4.92 Å². The molecular formula is C15H14BrNO4. The fraction of sp³-hybridized carbons (Fsp3) is 0.200. The number of nitro benzene ring substituents is 1. The Bertz CT molecular complexity index is 628. The van der Waals surface area contributed by atoms with Gasteiger partial charge in [-0.1, -0.05) is 22.0 Å². The molecule has 0 unspecified atom stereocenters. The third-order valence-corrected chi connectivity index (χ3v) is 3.56. The highest BCUT2D eigenvalue weighted by molar-refractivity contribution is 9.08. The van der Waals surface area contributed by atoms with Crippen LogP contribution < -0.4 is 9.47 Å². The Hall–Kier alpha value is -2.08. The summed E-state index contributed by atoms with van der Waals surface area (Å²) in [6.45, 7) is 0.338. The van der Waals surface area contributed by atoms with E-state index in [1.54, 1.807) is 19.2 Å². The first kappa shape index (κ1) is 15.3. The third kappa shape index (κ3) is 3.95. The average Bonchev–Trinajstić information content (AvgIpc) is 2.52. The number of nitrogens with zero attached hydrogens (tertiary/aromatic N) is 1. The van der Waals surface area contributed by atoms with Gasteiger partial charge in [0.25, 0.3) is 5.69 Å². The van der Waals surface area contributed by atoms with E-state index in [2.05, 4.69) is 15.9 Å². The van der Waals surface area contributed by atoms with E-state index in [0.29, 0.717) is 11.9 Å². The molecule has 110 valence electrons. The fourth-order valence-corrected chi connectivity index (χ4v) is 2.24. The lowest BCUT2D eigenvalue weighted by Gasteiger charge is -2.11. The molecule has 0 fully saturated rings. The molecule has 0 aliphatic carbocycles. The van der Waals surface area contributed by atoms with Crippen LogP contribution in [0.1, 0.15) is 11.1 Å². The van der Waals surface area contributed by atoms with Gasteiger partial charge in [-0.25, -0.2) is 0 Å². The van der Waals surface area contributed by atoms with Gasteiger partial charge in [-0.3, -0.25) is 10.1 Å². The Labute approximate surface area is 130 Å². The third-order valence-electron chi connectivity index (χ3n) is 2.96. The SMILES string of the molecule is COc1ccc(CBr)c(OCc2ccc([N+](=O)[O-])cc2)c1. The molecular weight excluding hydrogens is 338 g/mol. The molecule has 0 aliphatic rings. The molecule has 0 aromatic heterocycles. The topological polar surface area (TPSA) is 61.6 Å². The van der Waals surface area contributed by atoms with Crippen molar-refractivity contribution in [2.24, 2.45) is 0 Å². The number of alkyl halides is 1. The van der Waals surface area contributed by atoms with E-state index in [-0.39, 0.29) is 5.69 Å². The van der Waals surface area contributed by atoms with Crippen molar-refractivity contribution in [3.05, 3.63) is 63.7 Å². The van der Waals surface area contributed by atoms with Gasteiger partial charge >= 0.3 is 0 Å². The van der Waals surface area contributed by atoms with Crippen LogP contribution in [-0.4, -0.2) is 12.0 Å². The molecule has 0 heterocycles. The Balaban J connectivity index is 2.10. The monoisotopic (exact) mass is 351 g/mol. The Morgan fingerprint density at radius 1 is 1.19 bits per heavy atom. The normalized spacial score (nSPS) is 10.2. The van der Waals surface area contributed by atoms with Crippen molar-refractivity contribution in [1.82, 2.24) is 0 Å². The molecule has 0 aliphatic heterocycles. The predicted molar refractivity (Wildman–Crippen MR) is 83.1 cm³/mol. The first-order chi connectivity index (χ1) is 10.1. The van der Waals surface area contributed by atoms with Crippen molar-refractivity contribution < 1.29 is 14.4 Å². The van der Waals surface area contributed by atoms with Crippen LogP contribution in [0.15, 0.2) is 42.5 Å². The quantitative estimate of drug-likeness (QED) is 0.447. The van der Waals surface area contributed by atoms with Gasteiger partial charge in [0.05, 0.1) is 12.0 Å². The zero-order valence-corrected chi connectivity index (χ0v) is 13.0. The largest absolute Gasteiger partial charge is 0.497 e. The van der Waals surface area contributed by atoms with Crippen LogP contribution in [0.25, 0.3) is 0 Å². The highest BCUT2D eigenvalue weighted by Crippen LogP contribution is 2.27. The van der Waals surface area contributed by atoms with Crippen molar-refractivity contribution in [2.45, 2.75) is 11.9 Å². The summed E-state index contributed by atoms with van der Waals surface area (Å²) >= 11 is 3.41. The van der Waals surface area contributed by atoms with Crippen molar-refractivity contribution in [3.8, 4) is 11.5 Å². The van der Waals surface area contributed by atoms with Gasteiger partial charge in [0, 0.05) is 29.1 Å². The van der Waals surface area contributed by atoms with Gasteiger partial charge in [0.1, 0.15) is 18.1 Å². The molecule has 0 atom stereocenters. The first-order valence-corrected chi connectivity index (χ1v) is 7.35. The molecule has 0 bridgehead atoms. The number of hydrogen-bond donors (Lipinski definition) is 0. The maximum Gasteiger partial charge on any atom is 0.269 e. The number of methoxy groups -OCH3 is 1. The molecule has 0 saturated heterocycles. The molecule has 0 N–H and O–H groups in total. The maximum absolute atomic E-state index is 10.6. The van der Waals surface area contributed by atoms with Gasteiger partial charge in [0.15, 0.2) is 0 Å². The summed E-state index contributed by atoms with van der Waals surface area (Å²) in [6, 6.07) is 11.9. The summed E-state index contributed by atoms with van der Waals surface area (Å²) < 4.78 is 11.0. The molecule has 6 heteroatoms. The predicted octanol–water partition coefficient (Wildman–Crippen LogP) is 4.08. The molecule has 0 amide bonds. The Morgan fingerprint density at radius 2 is 1.90 bits per heavy atom. The minimum absolute atomic E-state index is 0.0706. The van der Waals surface area contributed by atoms with Crippen LogP contribution in [0.4, 0.5) is 5.69 Å². The molecule has 0 radical (unpaired) electrons. The molecule has 21 heavy (non-hydrogen) atoms. The maximum atomic E-state index is 10.6. The summed E-state index contributed by atoms with van der Waals surface area (Å²) in [5.41, 5.74) is 1.95. The van der Waals surface area contributed by atoms with Crippen LogP contribution in [0, 0.1) is 10.1 Å². The summed E-state index contributed by atoms with van der Waals surface area (Å²) in [6.07, 6.45) is 0. The van der Waals surface area contributed by atoms with Crippen LogP contribution >= 0.6 is 15.9 Å². The minimum Gasteiger partial charge on any atom is -0.497 e. The molecule has 0 saturated carbocycles. The summed E-state index contributed by atoms with van der Waals surface area (Å²) in [4.78, 5) is 10.2. The van der Waals surface area contributed by atoms with Crippen molar-refractivity contribution >= 4 is 21.6 Å². The highest BCUT2D eigenvalue weighted by Gasteiger charge is 2.07. The number of nitro groups is 1. The number of halogens is 1. The summed E-state index contributed by atoms with van der Waals surface area (Å²) in [7, 11) is 1.60. The van der Waals surface area contributed by atoms with E-state index in [4.69, 9.17) is 9.47 Å². The van der Waals surface area contributed by atoms with Gasteiger partial charge < -0.3 is 9.47 Å². The van der Waals surface area contributed by atoms with Crippen molar-refractivity contribution in [2.75, 3.05) is 7.11 Å². The van der Waals surface area contributed by atoms with Gasteiger partial charge in [-0.15, -0.1) is 0 Å². The summed E-state index contributed by atoms with van der Waals surface area (Å²) in [5.74, 6) is 1.45. The number of non-ortho nitro benzene ring substituents is 1. The molecule has 5 nitrogen and oxygen atoms in total. The van der Waals surface area contributed by atoms with Crippen molar-refractivity contribution in [1.29, 1.82) is 0 Å². The zero-order chi connectivity index (χ0) is 15.2. The van der Waals surface area contributed by atoms with Crippen LogP contribution in [0.5, 0.6) is 11.5 Å². The van der Waals surface area contributed by atoms with E-state index in [1.807, 2.05) is 18.2 Å². The van der Waals surface area contributed by atoms with Crippen LogP contribution in [0.2, 0.25) is 0 Å². The van der Waals surface area contributed by atoms with Gasteiger partial charge in [-0.05, 0) is 23.8 Å². The molecule has 0 spiro atoms. The molecule has 2 rings (SSSR count). The lowest BCUT2D eigenvalue weighted by Crippen LogP contribution is -1.99. The number of rotatable bonds is 6. The van der Waals surface area contributed by atoms with Gasteiger partial charge in [0.2, 0.25) is 0 Å². The van der Waals surface area contributed by atoms with E-state index >= 15 is 0 Å². The number of ether oxygens (including phenoxy) is 2. The second-order valence-electron chi connectivity index (χ2n) is 4.32. The smallest absolute Gasteiger partial charge is 0.269 e. The second kappa shape index (κ2) is 7.08. The van der Waals surface area contributed by atoms with E-state index in [0.717, 1.165) is 22.6 Å². The lowest BCUT2D eigenvalue weighted by atomic mass is 10.2. The Morgan fingerprint density at radius 3 is 2.48 bits per heavy atom. The standard InChI is InChI=1S/C15H14BrNO4/c1-20-14-7-4-12(9-16)15(8-14)21-10-11-2-5-13(6-3-11)17(18)19/h2-8H,9-10H2,1H3. The van der Waals surface area contributed by atoms with Crippen molar-refractivity contribution in [3.63, 3.8) is 0 Å². The number of benzene rings is 2. The molecule has 2 aromatic carbocycles. The fourth-order valence-electron chi connectivity index (χ4n) is 1.78. The molecule has 2 aromatic rings. The minimum atomic E-state index is -0.421. The van der Waals surface area contributed by atoms with Crippen LogP contribution in [0.3, 0.4) is 0 Å². The first-order valence-electron chi connectivity index (χ1n) is 6.23. The average molecular weight is 352 g/mol. The highest BCUT2D eigenvalue weighted by atomic mass is 79.9. The van der Waals surface area contributed by atoms with E-state index in [9.17, 15) is 10.1 Å². The second-order valence-corrected chi connectivity index (χ2v) is 4.88. The zero-order valence-electron chi connectivity index (χ0n) is 11.4. The number of hydrogen-bond acceptors (Lipinski definition) is 4. The Kier molecular flexibility index (Phi) is 5.16. The summed E-state index contributed by atoms with van der Waals surface area (Å²) in [5, 5.41) is 11.3. The van der Waals surface area contributed by atoms with Gasteiger partial charge in [-0.2, -0.15) is 0 Å². The lowest BCUT2D eigenvalue weighted by molar-refractivity contribution is -0.384.